The molecule has 1 aliphatic rings. The monoisotopic (exact) mass is 259 g/mol. The van der Waals surface area contributed by atoms with Crippen LogP contribution in [0.3, 0.4) is 0 Å². The van der Waals surface area contributed by atoms with Crippen molar-refractivity contribution in [3.05, 3.63) is 36.2 Å². The molecule has 102 valence electrons. The Hall–Kier alpha value is -1.39. The molecule has 3 rings (SSSR count). The third kappa shape index (κ3) is 2.80. The highest BCUT2D eigenvalue weighted by atomic mass is 16.5. The van der Waals surface area contributed by atoms with Crippen molar-refractivity contribution >= 4 is 5.52 Å². The van der Waals surface area contributed by atoms with E-state index in [0.29, 0.717) is 6.04 Å². The van der Waals surface area contributed by atoms with Crippen LogP contribution < -0.4 is 5.32 Å². The Kier molecular flexibility index (Phi) is 3.80. The number of hydrogen-bond acceptors (Lipinski definition) is 3. The number of pyridine rings is 1. The number of nitrogens with zero attached hydrogens (tertiary/aromatic N) is 2. The summed E-state index contributed by atoms with van der Waals surface area (Å²) in [7, 11) is 0. The number of aromatic nitrogens is 2. The SMILES string of the molecule is CC(NCc1cnn2ccccc12)C1CCOCC1. The van der Waals surface area contributed by atoms with E-state index in [9.17, 15) is 0 Å². The summed E-state index contributed by atoms with van der Waals surface area (Å²) in [5.74, 6) is 0.732. The molecule has 0 radical (unpaired) electrons. The van der Waals surface area contributed by atoms with Gasteiger partial charge in [-0.2, -0.15) is 5.10 Å². The molecule has 0 spiro atoms. The van der Waals surface area contributed by atoms with E-state index in [1.54, 1.807) is 0 Å². The smallest absolute Gasteiger partial charge is 0.0706 e. The lowest BCUT2D eigenvalue weighted by atomic mass is 9.93. The molecule has 19 heavy (non-hydrogen) atoms. The lowest BCUT2D eigenvalue weighted by molar-refractivity contribution is 0.0558. The Bertz CT molecular complexity index is 531. The summed E-state index contributed by atoms with van der Waals surface area (Å²) in [6.07, 6.45) is 6.28. The van der Waals surface area contributed by atoms with Crippen LogP contribution in [0, 0.1) is 5.92 Å². The number of hydrogen-bond donors (Lipinski definition) is 1. The van der Waals surface area contributed by atoms with Gasteiger partial charge in [-0.3, -0.25) is 0 Å². The van der Waals surface area contributed by atoms with Crippen molar-refractivity contribution in [3.8, 4) is 0 Å². The molecule has 0 aliphatic carbocycles. The molecule has 4 heteroatoms. The third-order valence-electron chi connectivity index (χ3n) is 4.09. The predicted octanol–water partition coefficient (Wildman–Crippen LogP) is 2.24. The van der Waals surface area contributed by atoms with Crippen molar-refractivity contribution in [1.82, 2.24) is 14.9 Å². The maximum Gasteiger partial charge on any atom is 0.0706 e. The molecule has 4 nitrogen and oxygen atoms in total. The van der Waals surface area contributed by atoms with E-state index in [1.807, 2.05) is 23.0 Å². The normalized spacial score (nSPS) is 18.8. The zero-order chi connectivity index (χ0) is 13.1. The van der Waals surface area contributed by atoms with Gasteiger partial charge in [0.25, 0.3) is 0 Å². The zero-order valence-electron chi connectivity index (χ0n) is 11.4. The van der Waals surface area contributed by atoms with Gasteiger partial charge in [-0.05, 0) is 37.8 Å². The molecular formula is C15H21N3O. The quantitative estimate of drug-likeness (QED) is 0.915. The second-order valence-corrected chi connectivity index (χ2v) is 5.32. The van der Waals surface area contributed by atoms with Crippen LogP contribution in [0.15, 0.2) is 30.6 Å². The minimum absolute atomic E-state index is 0.530. The Labute approximate surface area is 113 Å². The highest BCUT2D eigenvalue weighted by molar-refractivity contribution is 5.53. The maximum absolute atomic E-state index is 5.42. The van der Waals surface area contributed by atoms with Crippen LogP contribution in [0.2, 0.25) is 0 Å². The van der Waals surface area contributed by atoms with E-state index < -0.39 is 0 Å². The Morgan fingerprint density at radius 3 is 3.11 bits per heavy atom. The van der Waals surface area contributed by atoms with Crippen LogP contribution in [0.1, 0.15) is 25.3 Å². The maximum atomic E-state index is 5.42. The fraction of sp³-hybridized carbons (Fsp3) is 0.533. The molecule has 1 fully saturated rings. The first kappa shape index (κ1) is 12.6. The van der Waals surface area contributed by atoms with E-state index in [4.69, 9.17) is 4.74 Å². The minimum Gasteiger partial charge on any atom is -0.381 e. The Balaban J connectivity index is 1.62. The van der Waals surface area contributed by atoms with Crippen LogP contribution in [0.4, 0.5) is 0 Å². The third-order valence-corrected chi connectivity index (χ3v) is 4.09. The van der Waals surface area contributed by atoms with Gasteiger partial charge in [0.1, 0.15) is 0 Å². The van der Waals surface area contributed by atoms with Crippen LogP contribution in [-0.4, -0.2) is 28.9 Å². The van der Waals surface area contributed by atoms with Gasteiger partial charge in [0.2, 0.25) is 0 Å². The average molecular weight is 259 g/mol. The van der Waals surface area contributed by atoms with Crippen LogP contribution in [-0.2, 0) is 11.3 Å². The highest BCUT2D eigenvalue weighted by Crippen LogP contribution is 2.19. The first-order valence-corrected chi connectivity index (χ1v) is 7.07. The molecule has 0 amide bonds. The van der Waals surface area contributed by atoms with Crippen LogP contribution >= 0.6 is 0 Å². The number of fused-ring (bicyclic) bond motifs is 1. The molecule has 1 saturated heterocycles. The van der Waals surface area contributed by atoms with E-state index in [0.717, 1.165) is 25.7 Å². The average Bonchev–Trinajstić information content (AvgIpc) is 2.89. The summed E-state index contributed by atoms with van der Waals surface area (Å²) >= 11 is 0. The summed E-state index contributed by atoms with van der Waals surface area (Å²) in [6.45, 7) is 4.98. The number of ether oxygens (including phenoxy) is 1. The molecule has 2 aromatic heterocycles. The van der Waals surface area contributed by atoms with Gasteiger partial charge in [0, 0.05) is 37.6 Å². The fourth-order valence-corrected chi connectivity index (χ4v) is 2.78. The van der Waals surface area contributed by atoms with Crippen LogP contribution in [0.5, 0.6) is 0 Å². The number of rotatable bonds is 4. The molecule has 1 aliphatic heterocycles. The number of nitrogens with one attached hydrogen (secondary N) is 1. The zero-order valence-corrected chi connectivity index (χ0v) is 11.4. The van der Waals surface area contributed by atoms with Crippen molar-refractivity contribution < 1.29 is 4.74 Å². The topological polar surface area (TPSA) is 38.6 Å². The highest BCUT2D eigenvalue weighted by Gasteiger charge is 2.20. The van der Waals surface area contributed by atoms with Gasteiger partial charge in [0.15, 0.2) is 0 Å². The van der Waals surface area contributed by atoms with E-state index in [-0.39, 0.29) is 0 Å². The van der Waals surface area contributed by atoms with Crippen molar-refractivity contribution in [1.29, 1.82) is 0 Å². The fourth-order valence-electron chi connectivity index (χ4n) is 2.78. The largest absolute Gasteiger partial charge is 0.381 e. The van der Waals surface area contributed by atoms with E-state index in [2.05, 4.69) is 29.5 Å². The minimum atomic E-state index is 0.530. The van der Waals surface area contributed by atoms with Crippen molar-refractivity contribution in [2.75, 3.05) is 13.2 Å². The molecule has 0 bridgehead atoms. The van der Waals surface area contributed by atoms with E-state index >= 15 is 0 Å². The summed E-state index contributed by atoms with van der Waals surface area (Å²) < 4.78 is 7.34. The van der Waals surface area contributed by atoms with Crippen molar-refractivity contribution in [2.45, 2.75) is 32.4 Å². The molecule has 2 aromatic rings. The lowest BCUT2D eigenvalue weighted by Crippen LogP contribution is -2.36. The first-order valence-electron chi connectivity index (χ1n) is 7.07. The van der Waals surface area contributed by atoms with Gasteiger partial charge in [0.05, 0.1) is 11.7 Å². The molecule has 1 N–H and O–H groups in total. The van der Waals surface area contributed by atoms with E-state index in [1.165, 1.54) is 23.9 Å². The summed E-state index contributed by atoms with van der Waals surface area (Å²) in [4.78, 5) is 0. The standard InChI is InChI=1S/C15H21N3O/c1-12(13-5-8-19-9-6-13)16-10-14-11-17-18-7-3-2-4-15(14)18/h2-4,7,11-13,16H,5-6,8-10H2,1H3. The molecule has 3 heterocycles. The van der Waals surface area contributed by atoms with Gasteiger partial charge in [-0.25, -0.2) is 4.52 Å². The lowest BCUT2D eigenvalue weighted by Gasteiger charge is -2.28. The van der Waals surface area contributed by atoms with Gasteiger partial charge < -0.3 is 10.1 Å². The van der Waals surface area contributed by atoms with Crippen LogP contribution in [0.25, 0.3) is 5.52 Å². The second kappa shape index (κ2) is 5.72. The van der Waals surface area contributed by atoms with Gasteiger partial charge in [-0.15, -0.1) is 0 Å². The molecular weight excluding hydrogens is 238 g/mol. The molecule has 0 saturated carbocycles. The predicted molar refractivity (Wildman–Crippen MR) is 75.0 cm³/mol. The van der Waals surface area contributed by atoms with Crippen molar-refractivity contribution in [3.63, 3.8) is 0 Å². The summed E-state index contributed by atoms with van der Waals surface area (Å²) in [6, 6.07) is 6.70. The molecule has 1 atom stereocenters. The van der Waals surface area contributed by atoms with Crippen molar-refractivity contribution in [2.24, 2.45) is 5.92 Å². The summed E-state index contributed by atoms with van der Waals surface area (Å²) in [5.41, 5.74) is 2.45. The Morgan fingerprint density at radius 1 is 1.42 bits per heavy atom. The Morgan fingerprint density at radius 2 is 2.26 bits per heavy atom. The second-order valence-electron chi connectivity index (χ2n) is 5.32. The molecule has 0 aromatic carbocycles. The molecule has 1 unspecified atom stereocenters. The van der Waals surface area contributed by atoms with Gasteiger partial charge in [-0.1, -0.05) is 6.07 Å². The van der Waals surface area contributed by atoms with Gasteiger partial charge >= 0.3 is 0 Å². The summed E-state index contributed by atoms with van der Waals surface area (Å²) in [5, 5.41) is 8.00. The first-order chi connectivity index (χ1) is 9.34.